The first-order chi connectivity index (χ1) is 7.29. The molecule has 0 fully saturated rings. The van der Waals surface area contributed by atoms with Crippen molar-refractivity contribution in [2.24, 2.45) is 0 Å². The van der Waals surface area contributed by atoms with Crippen LogP contribution < -0.4 is 0 Å². The van der Waals surface area contributed by atoms with E-state index in [1.54, 1.807) is 11.8 Å². The molecule has 0 atom stereocenters. The van der Waals surface area contributed by atoms with E-state index in [1.807, 2.05) is 24.3 Å². The lowest BCUT2D eigenvalue weighted by atomic mass is 10.1. The molecule has 4 heteroatoms. The summed E-state index contributed by atoms with van der Waals surface area (Å²) in [6.45, 7) is 4.11. The minimum Gasteiger partial charge on any atom is -0.327 e. The van der Waals surface area contributed by atoms with E-state index in [4.69, 9.17) is 4.52 Å². The predicted octanol–water partition coefficient (Wildman–Crippen LogP) is 3.16. The summed E-state index contributed by atoms with van der Waals surface area (Å²) < 4.78 is 5.09. The highest BCUT2D eigenvalue weighted by Crippen LogP contribution is 2.21. The van der Waals surface area contributed by atoms with Crippen LogP contribution in [0.3, 0.4) is 0 Å². The Bertz CT molecular complexity index is 436. The van der Waals surface area contributed by atoms with Gasteiger partial charge < -0.3 is 4.52 Å². The summed E-state index contributed by atoms with van der Waals surface area (Å²) >= 11 is 1.55. The lowest BCUT2D eigenvalue weighted by Gasteiger charge is -1.94. The molecule has 0 unspecified atom stereocenters. The quantitative estimate of drug-likeness (QED) is 0.745. The smallest absolute Gasteiger partial charge is 0.286 e. The van der Waals surface area contributed by atoms with Crippen LogP contribution in [0.2, 0.25) is 0 Å². The number of thioether (sulfide) groups is 1. The average molecular weight is 220 g/mol. The monoisotopic (exact) mass is 220 g/mol. The van der Waals surface area contributed by atoms with Gasteiger partial charge in [-0.25, -0.2) is 0 Å². The third-order valence-corrected chi connectivity index (χ3v) is 2.69. The summed E-state index contributed by atoms with van der Waals surface area (Å²) in [5.74, 6) is 1.60. The SMILES string of the molecule is CCSc1nc(-c2ccc(C)cc2)no1. The Balaban J connectivity index is 2.25. The van der Waals surface area contributed by atoms with Gasteiger partial charge in [-0.1, -0.05) is 53.7 Å². The number of aromatic nitrogens is 2. The first kappa shape index (κ1) is 10.2. The zero-order chi connectivity index (χ0) is 10.7. The molecular weight excluding hydrogens is 208 g/mol. The molecule has 0 amide bonds. The fourth-order valence-corrected chi connectivity index (χ4v) is 1.70. The molecule has 0 spiro atoms. The Hall–Kier alpha value is -1.29. The second-order valence-corrected chi connectivity index (χ2v) is 4.40. The molecule has 0 aliphatic carbocycles. The summed E-state index contributed by atoms with van der Waals surface area (Å²) in [4.78, 5) is 4.29. The zero-order valence-corrected chi connectivity index (χ0v) is 9.54. The molecule has 3 nitrogen and oxygen atoms in total. The molecule has 2 aromatic rings. The zero-order valence-electron chi connectivity index (χ0n) is 8.73. The van der Waals surface area contributed by atoms with Gasteiger partial charge in [0.15, 0.2) is 0 Å². The van der Waals surface area contributed by atoms with Gasteiger partial charge in [-0.3, -0.25) is 0 Å². The molecule has 1 heterocycles. The largest absolute Gasteiger partial charge is 0.327 e. The topological polar surface area (TPSA) is 38.9 Å². The summed E-state index contributed by atoms with van der Waals surface area (Å²) in [6.07, 6.45) is 0. The first-order valence-corrected chi connectivity index (χ1v) is 5.81. The van der Waals surface area contributed by atoms with Crippen molar-refractivity contribution in [3.63, 3.8) is 0 Å². The van der Waals surface area contributed by atoms with Crippen molar-refractivity contribution in [2.75, 3.05) is 5.75 Å². The standard InChI is InChI=1S/C11H12N2OS/c1-3-15-11-12-10(13-14-11)9-6-4-8(2)5-7-9/h4-7H,3H2,1-2H3. The van der Waals surface area contributed by atoms with Crippen LogP contribution in [-0.4, -0.2) is 15.9 Å². The molecule has 0 N–H and O–H groups in total. The summed E-state index contributed by atoms with van der Waals surface area (Å²) in [6, 6.07) is 8.08. The van der Waals surface area contributed by atoms with Crippen molar-refractivity contribution in [2.45, 2.75) is 19.1 Å². The average Bonchev–Trinajstić information content (AvgIpc) is 2.68. The number of rotatable bonds is 3. The van der Waals surface area contributed by atoms with E-state index in [0.29, 0.717) is 11.0 Å². The van der Waals surface area contributed by atoms with Gasteiger partial charge in [-0.15, -0.1) is 0 Å². The van der Waals surface area contributed by atoms with Gasteiger partial charge in [-0.05, 0) is 12.7 Å². The lowest BCUT2D eigenvalue weighted by molar-refractivity contribution is 0.341. The van der Waals surface area contributed by atoms with Crippen molar-refractivity contribution >= 4 is 11.8 Å². The van der Waals surface area contributed by atoms with E-state index in [1.165, 1.54) is 5.56 Å². The van der Waals surface area contributed by atoms with Gasteiger partial charge in [0, 0.05) is 5.56 Å². The minimum absolute atomic E-state index is 0.632. The lowest BCUT2D eigenvalue weighted by Crippen LogP contribution is -1.80. The van der Waals surface area contributed by atoms with E-state index in [-0.39, 0.29) is 0 Å². The molecule has 1 aromatic carbocycles. The molecule has 78 valence electrons. The van der Waals surface area contributed by atoms with Crippen molar-refractivity contribution in [1.82, 2.24) is 10.1 Å². The first-order valence-electron chi connectivity index (χ1n) is 4.83. The van der Waals surface area contributed by atoms with Crippen LogP contribution in [0.1, 0.15) is 12.5 Å². The van der Waals surface area contributed by atoms with E-state index in [0.717, 1.165) is 11.3 Å². The number of hydrogen-bond acceptors (Lipinski definition) is 4. The fourth-order valence-electron chi connectivity index (χ4n) is 1.21. The Morgan fingerprint density at radius 3 is 2.67 bits per heavy atom. The Labute approximate surface area is 92.9 Å². The van der Waals surface area contributed by atoms with Gasteiger partial charge in [0.05, 0.1) is 0 Å². The fraction of sp³-hybridized carbons (Fsp3) is 0.273. The predicted molar refractivity (Wildman–Crippen MR) is 60.9 cm³/mol. The number of nitrogens with zero attached hydrogens (tertiary/aromatic N) is 2. The molecule has 1 aromatic heterocycles. The maximum absolute atomic E-state index is 5.09. The van der Waals surface area contributed by atoms with Gasteiger partial charge in [-0.2, -0.15) is 4.98 Å². The highest BCUT2D eigenvalue weighted by molar-refractivity contribution is 7.99. The third-order valence-electron chi connectivity index (χ3n) is 1.98. The molecule has 0 saturated heterocycles. The minimum atomic E-state index is 0.632. The molecule has 0 aliphatic heterocycles. The Kier molecular flexibility index (Phi) is 3.06. The second-order valence-electron chi connectivity index (χ2n) is 3.18. The van der Waals surface area contributed by atoms with Crippen LogP contribution in [0.25, 0.3) is 11.4 Å². The molecule has 0 aliphatic rings. The molecule has 0 bridgehead atoms. The van der Waals surface area contributed by atoms with Crippen molar-refractivity contribution < 1.29 is 4.52 Å². The summed E-state index contributed by atoms with van der Waals surface area (Å²) in [5.41, 5.74) is 2.22. The van der Waals surface area contributed by atoms with E-state index < -0.39 is 0 Å². The Morgan fingerprint density at radius 2 is 2.00 bits per heavy atom. The van der Waals surface area contributed by atoms with Crippen LogP contribution in [0.15, 0.2) is 34.0 Å². The van der Waals surface area contributed by atoms with Crippen LogP contribution >= 0.6 is 11.8 Å². The van der Waals surface area contributed by atoms with Crippen molar-refractivity contribution in [1.29, 1.82) is 0 Å². The maximum Gasteiger partial charge on any atom is 0.286 e. The summed E-state index contributed by atoms with van der Waals surface area (Å²) in [5, 5.41) is 4.56. The highest BCUT2D eigenvalue weighted by atomic mass is 32.2. The van der Waals surface area contributed by atoms with E-state index >= 15 is 0 Å². The maximum atomic E-state index is 5.09. The van der Waals surface area contributed by atoms with Gasteiger partial charge in [0.25, 0.3) is 5.22 Å². The van der Waals surface area contributed by atoms with Gasteiger partial charge in [0.2, 0.25) is 5.82 Å². The molecular formula is C11H12N2OS. The van der Waals surface area contributed by atoms with Crippen molar-refractivity contribution in [3.8, 4) is 11.4 Å². The molecule has 0 saturated carbocycles. The van der Waals surface area contributed by atoms with Gasteiger partial charge in [0.1, 0.15) is 0 Å². The van der Waals surface area contributed by atoms with Crippen LogP contribution in [0, 0.1) is 6.92 Å². The number of aryl methyl sites for hydroxylation is 1. The second kappa shape index (κ2) is 4.49. The van der Waals surface area contributed by atoms with E-state index in [9.17, 15) is 0 Å². The number of benzene rings is 1. The van der Waals surface area contributed by atoms with Crippen LogP contribution in [-0.2, 0) is 0 Å². The molecule has 15 heavy (non-hydrogen) atoms. The van der Waals surface area contributed by atoms with Crippen LogP contribution in [0.5, 0.6) is 0 Å². The summed E-state index contributed by atoms with van der Waals surface area (Å²) in [7, 11) is 0. The molecule has 2 rings (SSSR count). The van der Waals surface area contributed by atoms with Gasteiger partial charge >= 0.3 is 0 Å². The Morgan fingerprint density at radius 1 is 1.27 bits per heavy atom. The van der Waals surface area contributed by atoms with Crippen LogP contribution in [0.4, 0.5) is 0 Å². The third kappa shape index (κ3) is 2.39. The normalized spacial score (nSPS) is 10.5. The molecule has 0 radical (unpaired) electrons. The number of hydrogen-bond donors (Lipinski definition) is 0. The highest BCUT2D eigenvalue weighted by Gasteiger charge is 2.07. The van der Waals surface area contributed by atoms with E-state index in [2.05, 4.69) is 24.0 Å². The van der Waals surface area contributed by atoms with Crippen molar-refractivity contribution in [3.05, 3.63) is 29.8 Å².